The molecule has 7 atom stereocenters. The zero-order valence-electron chi connectivity index (χ0n) is 25.5. The van der Waals surface area contributed by atoms with Crippen LogP contribution in [0.5, 0.6) is 5.75 Å². The number of benzene rings is 1. The number of carbonyl (C=O) groups is 1. The molecular weight excluding hydrogens is 653 g/mol. The van der Waals surface area contributed by atoms with Gasteiger partial charge in [-0.3, -0.25) is 13.9 Å². The van der Waals surface area contributed by atoms with Gasteiger partial charge in [-0.15, -0.1) is 0 Å². The highest BCUT2D eigenvalue weighted by atomic mass is 35.5. The number of alkyl halides is 1. The lowest BCUT2D eigenvalue weighted by atomic mass is 9.98. The normalized spacial score (nSPS) is 28.5. The third-order valence-electron chi connectivity index (χ3n) is 7.89. The van der Waals surface area contributed by atoms with Gasteiger partial charge in [0.1, 0.15) is 46.9 Å². The van der Waals surface area contributed by atoms with E-state index in [2.05, 4.69) is 20.4 Å². The van der Waals surface area contributed by atoms with Crippen molar-refractivity contribution >= 4 is 37.1 Å². The summed E-state index contributed by atoms with van der Waals surface area (Å²) in [5.41, 5.74) is 4.13. The maximum Gasteiger partial charge on any atom is 0.459 e. The van der Waals surface area contributed by atoms with Crippen LogP contribution in [0.2, 0.25) is 5.02 Å². The fourth-order valence-electron chi connectivity index (χ4n) is 5.51. The number of nitrogens with one attached hydrogen (secondary N) is 2. The molecule has 1 saturated carbocycles. The first-order valence-electron chi connectivity index (χ1n) is 15.0. The van der Waals surface area contributed by atoms with Crippen LogP contribution in [0, 0.1) is 5.82 Å². The topological polar surface area (TPSA) is 181 Å². The standard InChI is InChI=1S/C28H38ClF2N6O8P/c1-4-41-24-21-23(34-27(32)35-24)37(14-33-21)26-28(3,39)22(31)20(44-26)13-42-46(40,45-17-10-11-19(30)18(29)12-17)36-15(2)25(38)43-16-8-6-5-7-9-16/h10-12,14-16,20,22,24,26,39H,4-9,13H2,1-3H3,(H,36,40)(H3,32,34,35)/t15?,20-,22-,24?,26-,28-,46?/m1/s1. The molecular formula is C28H38ClF2N6O8P. The van der Waals surface area contributed by atoms with E-state index in [1.54, 1.807) is 6.92 Å². The zero-order chi connectivity index (χ0) is 33.2. The van der Waals surface area contributed by atoms with Crippen molar-refractivity contribution in [2.24, 2.45) is 10.7 Å². The van der Waals surface area contributed by atoms with Gasteiger partial charge in [-0.2, -0.15) is 5.09 Å². The molecule has 254 valence electrons. The third-order valence-corrected chi connectivity index (χ3v) is 9.82. The smallest absolute Gasteiger partial charge is 0.459 e. The van der Waals surface area contributed by atoms with Gasteiger partial charge in [0.25, 0.3) is 0 Å². The van der Waals surface area contributed by atoms with Crippen molar-refractivity contribution in [2.75, 3.05) is 18.5 Å². The molecule has 1 aromatic carbocycles. The molecule has 5 rings (SSSR count). The molecule has 2 aliphatic heterocycles. The number of aliphatic imine (C=N–C) groups is 1. The third kappa shape index (κ3) is 7.48. The predicted octanol–water partition coefficient (Wildman–Crippen LogP) is 4.50. The molecule has 1 saturated heterocycles. The van der Waals surface area contributed by atoms with Gasteiger partial charge in [0.2, 0.25) is 0 Å². The highest BCUT2D eigenvalue weighted by Gasteiger charge is 2.56. The highest BCUT2D eigenvalue weighted by molar-refractivity contribution is 7.52. The molecule has 2 aromatic rings. The quantitative estimate of drug-likeness (QED) is 0.181. The lowest BCUT2D eigenvalue weighted by Crippen LogP contribution is -2.42. The number of hydrogen-bond donors (Lipinski definition) is 4. The Labute approximate surface area is 269 Å². The molecule has 5 N–H and O–H groups in total. The van der Waals surface area contributed by atoms with E-state index in [-0.39, 0.29) is 28.7 Å². The molecule has 0 bridgehead atoms. The average Bonchev–Trinajstić information content (AvgIpc) is 3.51. The summed E-state index contributed by atoms with van der Waals surface area (Å²) in [4.78, 5) is 21.3. The monoisotopic (exact) mass is 690 g/mol. The summed E-state index contributed by atoms with van der Waals surface area (Å²) in [6.45, 7) is 4.03. The number of ether oxygens (including phenoxy) is 3. The number of guanidine groups is 1. The molecule has 2 fully saturated rings. The van der Waals surface area contributed by atoms with Crippen LogP contribution < -0.4 is 20.7 Å². The molecule has 1 aromatic heterocycles. The Morgan fingerprint density at radius 3 is 2.80 bits per heavy atom. The van der Waals surface area contributed by atoms with Crippen LogP contribution in [0.15, 0.2) is 29.5 Å². The highest BCUT2D eigenvalue weighted by Crippen LogP contribution is 2.49. The Bertz CT molecular complexity index is 1490. The molecule has 1 aliphatic carbocycles. The Morgan fingerprint density at radius 1 is 1.37 bits per heavy atom. The number of esters is 1. The number of nitrogens with zero attached hydrogens (tertiary/aromatic N) is 3. The van der Waals surface area contributed by atoms with Crippen LogP contribution in [-0.4, -0.2) is 69.8 Å². The van der Waals surface area contributed by atoms with E-state index < -0.39 is 62.5 Å². The van der Waals surface area contributed by atoms with Crippen LogP contribution >= 0.6 is 19.3 Å². The lowest BCUT2D eigenvalue weighted by Gasteiger charge is -2.29. The first kappa shape index (κ1) is 34.5. The maximum atomic E-state index is 15.8. The van der Waals surface area contributed by atoms with E-state index in [1.165, 1.54) is 24.7 Å². The van der Waals surface area contributed by atoms with Gasteiger partial charge in [0.05, 0.1) is 18.0 Å². The van der Waals surface area contributed by atoms with E-state index in [0.717, 1.165) is 50.3 Å². The lowest BCUT2D eigenvalue weighted by molar-refractivity contribution is -0.152. The second kappa shape index (κ2) is 14.1. The van der Waals surface area contributed by atoms with Gasteiger partial charge >= 0.3 is 13.7 Å². The number of aliphatic hydroxyl groups is 1. The van der Waals surface area contributed by atoms with Crippen LogP contribution in [0.3, 0.4) is 0 Å². The number of anilines is 1. The van der Waals surface area contributed by atoms with Gasteiger partial charge in [0.15, 0.2) is 24.6 Å². The van der Waals surface area contributed by atoms with Gasteiger partial charge in [-0.05, 0) is 58.6 Å². The molecule has 3 heterocycles. The van der Waals surface area contributed by atoms with Crippen molar-refractivity contribution in [1.82, 2.24) is 14.6 Å². The first-order chi connectivity index (χ1) is 21.8. The van der Waals surface area contributed by atoms with Crippen molar-refractivity contribution in [3.05, 3.63) is 41.1 Å². The van der Waals surface area contributed by atoms with E-state index in [1.807, 2.05) is 0 Å². The molecule has 0 amide bonds. The number of fused-ring (bicyclic) bond motifs is 1. The van der Waals surface area contributed by atoms with Gasteiger partial charge in [-0.1, -0.05) is 18.0 Å². The van der Waals surface area contributed by atoms with Crippen molar-refractivity contribution in [3.8, 4) is 5.75 Å². The second-order valence-corrected chi connectivity index (χ2v) is 13.6. The molecule has 18 heteroatoms. The summed E-state index contributed by atoms with van der Waals surface area (Å²) in [5, 5.41) is 16.3. The van der Waals surface area contributed by atoms with Crippen LogP contribution in [0.4, 0.5) is 14.6 Å². The number of rotatable bonds is 12. The molecule has 0 spiro atoms. The second-order valence-electron chi connectivity index (χ2n) is 11.5. The number of halogens is 3. The summed E-state index contributed by atoms with van der Waals surface area (Å²) >= 11 is 5.88. The summed E-state index contributed by atoms with van der Waals surface area (Å²) < 4.78 is 73.2. The summed E-state index contributed by atoms with van der Waals surface area (Å²) in [6, 6.07) is 2.05. The van der Waals surface area contributed by atoms with E-state index in [0.29, 0.717) is 12.3 Å². The molecule has 46 heavy (non-hydrogen) atoms. The number of imidazole rings is 1. The maximum absolute atomic E-state index is 15.8. The van der Waals surface area contributed by atoms with E-state index in [9.17, 15) is 18.9 Å². The minimum atomic E-state index is -4.52. The van der Waals surface area contributed by atoms with Crippen LogP contribution in [0.1, 0.15) is 71.0 Å². The van der Waals surface area contributed by atoms with Crippen molar-refractivity contribution in [3.63, 3.8) is 0 Å². The molecule has 14 nitrogen and oxygen atoms in total. The fraction of sp³-hybridized carbons (Fsp3) is 0.607. The number of hydrogen-bond acceptors (Lipinski definition) is 12. The summed E-state index contributed by atoms with van der Waals surface area (Å²) in [6.07, 6.45) is -0.303. The van der Waals surface area contributed by atoms with E-state index in [4.69, 9.17) is 40.6 Å². The van der Waals surface area contributed by atoms with Gasteiger partial charge in [-0.25, -0.2) is 23.3 Å². The minimum absolute atomic E-state index is 0.0169. The largest absolute Gasteiger partial charge is 0.461 e. The SMILES string of the molecule is CCOC1N=C(N)Nc2c1ncn2[C@@H]1O[C@H](COP(=O)(NC(C)C(=O)OC2CCCCC2)Oc2ccc(F)c(Cl)c2)[C@@H](F)[C@@]1(C)O. The van der Waals surface area contributed by atoms with E-state index >= 15 is 4.39 Å². The van der Waals surface area contributed by atoms with Crippen LogP contribution in [0.25, 0.3) is 0 Å². The molecule has 3 aliphatic rings. The summed E-state index contributed by atoms with van der Waals surface area (Å²) in [7, 11) is -4.52. The van der Waals surface area contributed by atoms with Crippen LogP contribution in [-0.2, 0) is 28.1 Å². The number of aromatic nitrogens is 2. The average molecular weight is 691 g/mol. The molecule has 0 radical (unpaired) electrons. The van der Waals surface area contributed by atoms with Gasteiger partial charge in [0, 0.05) is 12.7 Å². The first-order valence-corrected chi connectivity index (χ1v) is 16.9. The fourth-order valence-corrected chi connectivity index (χ4v) is 7.17. The van der Waals surface area contributed by atoms with Crippen molar-refractivity contribution < 1.29 is 46.5 Å². The molecule has 3 unspecified atom stereocenters. The Hall–Kier alpha value is -2.85. The Morgan fingerprint density at radius 2 is 2.11 bits per heavy atom. The number of nitrogens with two attached hydrogens (primary N) is 1. The van der Waals surface area contributed by atoms with Gasteiger partial charge < -0.3 is 34.9 Å². The van der Waals surface area contributed by atoms with Crippen molar-refractivity contribution in [2.45, 2.75) is 95.4 Å². The Balaban J connectivity index is 1.33. The van der Waals surface area contributed by atoms with Crippen molar-refractivity contribution in [1.29, 1.82) is 0 Å². The zero-order valence-corrected chi connectivity index (χ0v) is 27.2. The predicted molar refractivity (Wildman–Crippen MR) is 162 cm³/mol. The number of carbonyl (C=O) groups excluding carboxylic acids is 1. The Kier molecular flexibility index (Phi) is 10.6. The minimum Gasteiger partial charge on any atom is -0.461 e. The summed E-state index contributed by atoms with van der Waals surface area (Å²) in [5.74, 6) is -1.29.